The molecule has 0 radical (unpaired) electrons. The lowest BCUT2D eigenvalue weighted by molar-refractivity contribution is -0.120. The number of nitrogens with zero attached hydrogens (tertiary/aromatic N) is 1. The van der Waals surface area contributed by atoms with Crippen molar-refractivity contribution >= 4 is 21.9 Å². The summed E-state index contributed by atoms with van der Waals surface area (Å²) in [5.74, 6) is -1.54. The summed E-state index contributed by atoms with van der Waals surface area (Å²) in [6.07, 6.45) is 0.0875. The number of carboxylic acids is 1. The maximum absolute atomic E-state index is 12.1. The van der Waals surface area contributed by atoms with Crippen LogP contribution in [0.15, 0.2) is 24.3 Å². The minimum Gasteiger partial charge on any atom is -0.478 e. The van der Waals surface area contributed by atoms with Crippen LogP contribution in [0, 0.1) is 0 Å². The fourth-order valence-corrected chi connectivity index (χ4v) is 2.79. The van der Waals surface area contributed by atoms with Crippen molar-refractivity contribution in [2.45, 2.75) is 12.2 Å². The van der Waals surface area contributed by atoms with Gasteiger partial charge in [0, 0.05) is 27.1 Å². The van der Waals surface area contributed by atoms with Gasteiger partial charge in [-0.2, -0.15) is 0 Å². The van der Waals surface area contributed by atoms with Gasteiger partial charge in [-0.3, -0.25) is 4.79 Å². The molecule has 0 fully saturated rings. The van der Waals surface area contributed by atoms with Crippen LogP contribution in [-0.2, 0) is 20.6 Å². The Balaban J connectivity index is 2.70. The van der Waals surface area contributed by atoms with Gasteiger partial charge in [-0.05, 0) is 17.7 Å². The van der Waals surface area contributed by atoms with Gasteiger partial charge in [-0.1, -0.05) is 12.1 Å². The highest BCUT2D eigenvalue weighted by Crippen LogP contribution is 2.11. The van der Waals surface area contributed by atoms with E-state index in [0.29, 0.717) is 5.56 Å². The number of hydrogen-bond acceptors (Lipinski definition) is 4. The quantitative estimate of drug-likeness (QED) is 0.752. The minimum absolute atomic E-state index is 0.0875. The first-order valence-corrected chi connectivity index (χ1v) is 7.84. The van der Waals surface area contributed by atoms with Crippen molar-refractivity contribution in [1.82, 2.24) is 9.62 Å². The fraction of sp³-hybridized carbons (Fsp3) is 0.385. The third kappa shape index (κ3) is 5.16. The van der Waals surface area contributed by atoms with Crippen LogP contribution >= 0.6 is 0 Å². The van der Waals surface area contributed by atoms with Gasteiger partial charge in [0.1, 0.15) is 0 Å². The van der Waals surface area contributed by atoms with Crippen LogP contribution in [-0.4, -0.2) is 50.3 Å². The van der Waals surface area contributed by atoms with Gasteiger partial charge >= 0.3 is 5.97 Å². The zero-order chi connectivity index (χ0) is 16.0. The molecule has 0 heterocycles. The van der Waals surface area contributed by atoms with E-state index in [1.54, 1.807) is 0 Å². The van der Waals surface area contributed by atoms with E-state index in [1.807, 2.05) is 0 Å². The number of carbonyl (C=O) groups excluding carboxylic acids is 1. The molecule has 0 aliphatic rings. The number of hydrogen-bond donors (Lipinski definition) is 2. The van der Waals surface area contributed by atoms with E-state index in [9.17, 15) is 18.0 Å². The molecule has 1 aromatic rings. The number of rotatable bonds is 7. The molecule has 0 bridgehead atoms. The normalized spacial score (nSPS) is 11.4. The Bertz CT molecular complexity index is 610. The number of carbonyl (C=O) groups is 2. The largest absolute Gasteiger partial charge is 0.478 e. The van der Waals surface area contributed by atoms with E-state index in [4.69, 9.17) is 5.11 Å². The Morgan fingerprint density at radius 3 is 2.29 bits per heavy atom. The van der Waals surface area contributed by atoms with Crippen molar-refractivity contribution in [1.29, 1.82) is 0 Å². The van der Waals surface area contributed by atoms with Gasteiger partial charge in [0.2, 0.25) is 15.9 Å². The Morgan fingerprint density at radius 1 is 1.24 bits per heavy atom. The first-order valence-electron chi connectivity index (χ1n) is 6.23. The molecule has 0 atom stereocenters. The van der Waals surface area contributed by atoms with E-state index in [0.717, 1.165) is 4.31 Å². The summed E-state index contributed by atoms with van der Waals surface area (Å²) in [6, 6.07) is 5.65. The number of carboxylic acid groups (broad SMARTS) is 1. The summed E-state index contributed by atoms with van der Waals surface area (Å²) in [5.41, 5.74) is 0.593. The van der Waals surface area contributed by atoms with Crippen molar-refractivity contribution in [2.75, 3.05) is 20.6 Å². The minimum atomic E-state index is -3.54. The summed E-state index contributed by atoms with van der Waals surface area (Å²) < 4.78 is 25.3. The maximum Gasteiger partial charge on any atom is 0.335 e. The Kier molecular flexibility index (Phi) is 5.86. The van der Waals surface area contributed by atoms with Crippen molar-refractivity contribution < 1.29 is 23.1 Å². The monoisotopic (exact) mass is 314 g/mol. The molecule has 0 aromatic heterocycles. The number of sulfonamides is 1. The van der Waals surface area contributed by atoms with Crippen molar-refractivity contribution in [2.24, 2.45) is 0 Å². The SMILES string of the molecule is CNC(=O)CCN(C)S(=O)(=O)Cc1ccc(C(=O)O)cc1. The van der Waals surface area contributed by atoms with Gasteiger partial charge < -0.3 is 10.4 Å². The Morgan fingerprint density at radius 2 is 1.81 bits per heavy atom. The summed E-state index contributed by atoms with van der Waals surface area (Å²) in [5, 5.41) is 11.2. The van der Waals surface area contributed by atoms with Crippen molar-refractivity contribution in [3.8, 4) is 0 Å². The molecule has 0 aliphatic carbocycles. The first kappa shape index (κ1) is 17.1. The molecule has 7 nitrogen and oxygen atoms in total. The molecule has 0 saturated heterocycles. The number of amides is 1. The second-order valence-electron chi connectivity index (χ2n) is 4.50. The molecule has 0 unspecified atom stereocenters. The van der Waals surface area contributed by atoms with Gasteiger partial charge in [-0.25, -0.2) is 17.5 Å². The highest BCUT2D eigenvalue weighted by molar-refractivity contribution is 7.88. The van der Waals surface area contributed by atoms with Crippen molar-refractivity contribution in [3.05, 3.63) is 35.4 Å². The van der Waals surface area contributed by atoms with E-state index < -0.39 is 16.0 Å². The molecule has 116 valence electrons. The molecule has 1 rings (SSSR count). The average molecular weight is 314 g/mol. The molecule has 1 amide bonds. The Labute approximate surface area is 123 Å². The average Bonchev–Trinajstić information content (AvgIpc) is 2.44. The predicted molar refractivity (Wildman–Crippen MR) is 77.3 cm³/mol. The number of nitrogens with one attached hydrogen (secondary N) is 1. The molecular weight excluding hydrogens is 296 g/mol. The lowest BCUT2D eigenvalue weighted by Gasteiger charge is -2.16. The van der Waals surface area contributed by atoms with Gasteiger partial charge in [0.05, 0.1) is 11.3 Å². The molecule has 0 aliphatic heterocycles. The van der Waals surface area contributed by atoms with Crippen LogP contribution in [0.1, 0.15) is 22.3 Å². The zero-order valence-electron chi connectivity index (χ0n) is 11.9. The van der Waals surface area contributed by atoms with Gasteiger partial charge in [0.25, 0.3) is 0 Å². The van der Waals surface area contributed by atoms with Crippen LogP contribution < -0.4 is 5.32 Å². The fourth-order valence-electron chi connectivity index (χ4n) is 1.59. The van der Waals surface area contributed by atoms with Crippen molar-refractivity contribution in [3.63, 3.8) is 0 Å². The van der Waals surface area contributed by atoms with Crippen LogP contribution in [0.3, 0.4) is 0 Å². The lowest BCUT2D eigenvalue weighted by Crippen LogP contribution is -2.32. The second kappa shape index (κ2) is 7.19. The third-order valence-corrected chi connectivity index (χ3v) is 4.79. The van der Waals surface area contributed by atoms with Gasteiger partial charge in [0.15, 0.2) is 0 Å². The molecule has 21 heavy (non-hydrogen) atoms. The molecule has 0 saturated carbocycles. The van der Waals surface area contributed by atoms with Crippen LogP contribution in [0.2, 0.25) is 0 Å². The molecule has 8 heteroatoms. The molecule has 2 N–H and O–H groups in total. The number of benzene rings is 1. The number of aromatic carboxylic acids is 1. The highest BCUT2D eigenvalue weighted by atomic mass is 32.2. The van der Waals surface area contributed by atoms with Gasteiger partial charge in [-0.15, -0.1) is 0 Å². The first-order chi connectivity index (χ1) is 9.76. The molecule has 1 aromatic carbocycles. The van der Waals surface area contributed by atoms with Crippen LogP contribution in [0.25, 0.3) is 0 Å². The summed E-state index contributed by atoms with van der Waals surface area (Å²) in [4.78, 5) is 21.8. The predicted octanol–water partition coefficient (Wildman–Crippen LogP) is 0.283. The van der Waals surface area contributed by atoms with E-state index in [-0.39, 0.29) is 30.2 Å². The standard InChI is InChI=1S/C13H18N2O5S/c1-14-12(16)7-8-15(2)21(19,20)9-10-3-5-11(6-4-10)13(17)18/h3-6H,7-9H2,1-2H3,(H,14,16)(H,17,18). The van der Waals surface area contributed by atoms with E-state index >= 15 is 0 Å². The summed E-state index contributed by atoms with van der Waals surface area (Å²) >= 11 is 0. The smallest absolute Gasteiger partial charge is 0.335 e. The summed E-state index contributed by atoms with van der Waals surface area (Å²) in [7, 11) is -0.651. The Hall–Kier alpha value is -1.93. The third-order valence-electron chi connectivity index (χ3n) is 2.96. The molecular formula is C13H18N2O5S. The zero-order valence-corrected chi connectivity index (χ0v) is 12.7. The van der Waals surface area contributed by atoms with Crippen LogP contribution in [0.4, 0.5) is 0 Å². The molecule has 0 spiro atoms. The maximum atomic E-state index is 12.1. The van der Waals surface area contributed by atoms with E-state index in [1.165, 1.54) is 38.4 Å². The van der Waals surface area contributed by atoms with Crippen LogP contribution in [0.5, 0.6) is 0 Å². The topological polar surface area (TPSA) is 104 Å². The highest BCUT2D eigenvalue weighted by Gasteiger charge is 2.19. The van der Waals surface area contributed by atoms with E-state index in [2.05, 4.69) is 5.32 Å². The lowest BCUT2D eigenvalue weighted by atomic mass is 10.1. The summed E-state index contributed by atoms with van der Waals surface area (Å²) in [6.45, 7) is 0.0925. The second-order valence-corrected chi connectivity index (χ2v) is 6.58.